The van der Waals surface area contributed by atoms with Gasteiger partial charge in [0, 0.05) is 17.2 Å². The summed E-state index contributed by atoms with van der Waals surface area (Å²) in [7, 11) is 0. The van der Waals surface area contributed by atoms with Crippen molar-refractivity contribution in [3.63, 3.8) is 0 Å². The summed E-state index contributed by atoms with van der Waals surface area (Å²) in [6.07, 6.45) is 2.57. The van der Waals surface area contributed by atoms with Crippen molar-refractivity contribution >= 4 is 11.6 Å². The molecule has 1 aliphatic rings. The van der Waals surface area contributed by atoms with Gasteiger partial charge in [-0.1, -0.05) is 32.0 Å². The van der Waals surface area contributed by atoms with Gasteiger partial charge < -0.3 is 10.4 Å². The van der Waals surface area contributed by atoms with Crippen LogP contribution in [0, 0.1) is 17.8 Å². The van der Waals surface area contributed by atoms with Crippen molar-refractivity contribution in [2.45, 2.75) is 46.1 Å². The molecule has 1 aliphatic carbocycles. The lowest BCUT2D eigenvalue weighted by Gasteiger charge is -2.30. The average molecular weight is 275 g/mol. The van der Waals surface area contributed by atoms with E-state index in [0.29, 0.717) is 11.8 Å². The number of aliphatic hydroxyl groups excluding tert-OH is 1. The Balaban J connectivity index is 2.08. The molecule has 3 unspecified atom stereocenters. The zero-order valence-electron chi connectivity index (χ0n) is 12.6. The number of carbonyl (C=O) groups is 1. The molecule has 0 bridgehead atoms. The summed E-state index contributed by atoms with van der Waals surface area (Å²) in [5, 5.41) is 12.8. The molecule has 0 radical (unpaired) electrons. The molecule has 1 aromatic carbocycles. The number of para-hydroxylation sites is 1. The molecule has 1 aromatic rings. The molecular weight excluding hydrogens is 250 g/mol. The maximum absolute atomic E-state index is 12.4. The largest absolute Gasteiger partial charge is 0.389 e. The lowest BCUT2D eigenvalue weighted by atomic mass is 9.76. The molecule has 0 heterocycles. The van der Waals surface area contributed by atoms with Crippen LogP contribution in [0.4, 0.5) is 5.69 Å². The average Bonchev–Trinajstić information content (AvgIpc) is 2.37. The quantitative estimate of drug-likeness (QED) is 0.882. The lowest BCUT2D eigenvalue weighted by molar-refractivity contribution is -0.121. The molecule has 3 heteroatoms. The molecule has 2 rings (SSSR count). The first kappa shape index (κ1) is 15.0. The number of amides is 1. The minimum absolute atomic E-state index is 0.0933. The molecule has 1 fully saturated rings. The molecule has 1 saturated carbocycles. The summed E-state index contributed by atoms with van der Waals surface area (Å²) in [4.78, 5) is 12.4. The maximum atomic E-state index is 12.4. The van der Waals surface area contributed by atoms with E-state index in [1.165, 1.54) is 6.42 Å². The van der Waals surface area contributed by atoms with Crippen LogP contribution < -0.4 is 5.32 Å². The van der Waals surface area contributed by atoms with E-state index in [4.69, 9.17) is 0 Å². The SMILES string of the molecule is CC1CC(C)CC(C(=O)Nc2ccccc2C(C)O)C1. The Morgan fingerprint density at radius 2 is 1.80 bits per heavy atom. The van der Waals surface area contributed by atoms with Gasteiger partial charge in [-0.05, 0) is 44.1 Å². The fraction of sp³-hybridized carbons (Fsp3) is 0.588. The third-order valence-electron chi connectivity index (χ3n) is 4.22. The third-order valence-corrected chi connectivity index (χ3v) is 4.22. The van der Waals surface area contributed by atoms with Gasteiger partial charge in [-0.2, -0.15) is 0 Å². The topological polar surface area (TPSA) is 49.3 Å². The van der Waals surface area contributed by atoms with Crippen LogP contribution in [0.25, 0.3) is 0 Å². The Morgan fingerprint density at radius 3 is 2.40 bits per heavy atom. The predicted molar refractivity (Wildman–Crippen MR) is 81.4 cm³/mol. The third kappa shape index (κ3) is 3.60. The molecule has 1 amide bonds. The second kappa shape index (κ2) is 6.40. The second-order valence-electron chi connectivity index (χ2n) is 6.37. The van der Waals surface area contributed by atoms with Crippen LogP contribution in [0.3, 0.4) is 0 Å². The van der Waals surface area contributed by atoms with Gasteiger partial charge in [-0.3, -0.25) is 4.79 Å². The first-order valence-electron chi connectivity index (χ1n) is 7.55. The Kier molecular flexibility index (Phi) is 4.81. The molecule has 0 aliphatic heterocycles. The standard InChI is InChI=1S/C17H25NO2/c1-11-8-12(2)10-14(9-11)17(20)18-16-7-5-4-6-15(16)13(3)19/h4-7,11-14,19H,8-10H2,1-3H3,(H,18,20). The first-order valence-corrected chi connectivity index (χ1v) is 7.55. The first-order chi connectivity index (χ1) is 9.47. The van der Waals surface area contributed by atoms with Gasteiger partial charge in [0.2, 0.25) is 5.91 Å². The van der Waals surface area contributed by atoms with Crippen molar-refractivity contribution in [3.8, 4) is 0 Å². The van der Waals surface area contributed by atoms with Crippen molar-refractivity contribution in [2.24, 2.45) is 17.8 Å². The zero-order valence-corrected chi connectivity index (χ0v) is 12.6. The van der Waals surface area contributed by atoms with Gasteiger partial charge in [0.25, 0.3) is 0 Å². The molecule has 20 heavy (non-hydrogen) atoms. The van der Waals surface area contributed by atoms with Gasteiger partial charge in [0.05, 0.1) is 6.10 Å². The second-order valence-corrected chi connectivity index (χ2v) is 6.37. The summed E-state index contributed by atoms with van der Waals surface area (Å²) >= 11 is 0. The van der Waals surface area contributed by atoms with E-state index in [1.807, 2.05) is 24.3 Å². The molecule has 0 aromatic heterocycles. The van der Waals surface area contributed by atoms with Crippen molar-refractivity contribution in [1.29, 1.82) is 0 Å². The van der Waals surface area contributed by atoms with Gasteiger partial charge in [-0.15, -0.1) is 0 Å². The van der Waals surface area contributed by atoms with Crippen LogP contribution >= 0.6 is 0 Å². The summed E-state index contributed by atoms with van der Waals surface area (Å²) in [6, 6.07) is 7.47. The predicted octanol–water partition coefficient (Wildman–Crippen LogP) is 3.75. The fourth-order valence-corrected chi connectivity index (χ4v) is 3.37. The van der Waals surface area contributed by atoms with E-state index in [1.54, 1.807) is 6.92 Å². The number of benzene rings is 1. The number of aliphatic hydroxyl groups is 1. The highest BCUT2D eigenvalue weighted by atomic mass is 16.3. The van der Waals surface area contributed by atoms with E-state index < -0.39 is 6.10 Å². The molecule has 3 atom stereocenters. The number of rotatable bonds is 3. The van der Waals surface area contributed by atoms with Crippen molar-refractivity contribution in [2.75, 3.05) is 5.32 Å². The van der Waals surface area contributed by atoms with E-state index in [0.717, 1.165) is 24.1 Å². The molecular formula is C17H25NO2. The number of nitrogens with one attached hydrogen (secondary N) is 1. The smallest absolute Gasteiger partial charge is 0.227 e. The number of carbonyl (C=O) groups excluding carboxylic acids is 1. The van der Waals surface area contributed by atoms with Crippen LogP contribution in [-0.2, 0) is 4.79 Å². The Morgan fingerprint density at radius 1 is 1.20 bits per heavy atom. The van der Waals surface area contributed by atoms with Gasteiger partial charge in [0.15, 0.2) is 0 Å². The highest BCUT2D eigenvalue weighted by Crippen LogP contribution is 2.34. The Labute approximate surface area is 121 Å². The van der Waals surface area contributed by atoms with Gasteiger partial charge in [0.1, 0.15) is 0 Å². The van der Waals surface area contributed by atoms with Crippen molar-refractivity contribution < 1.29 is 9.90 Å². The fourth-order valence-electron chi connectivity index (χ4n) is 3.37. The van der Waals surface area contributed by atoms with E-state index in [-0.39, 0.29) is 11.8 Å². The minimum Gasteiger partial charge on any atom is -0.389 e. The lowest BCUT2D eigenvalue weighted by Crippen LogP contribution is -2.30. The molecule has 110 valence electrons. The molecule has 0 spiro atoms. The maximum Gasteiger partial charge on any atom is 0.227 e. The molecule has 2 N–H and O–H groups in total. The summed E-state index contributed by atoms with van der Waals surface area (Å²) in [5.41, 5.74) is 1.51. The Hall–Kier alpha value is -1.35. The van der Waals surface area contributed by atoms with E-state index in [2.05, 4.69) is 19.2 Å². The van der Waals surface area contributed by atoms with Crippen LogP contribution in [-0.4, -0.2) is 11.0 Å². The summed E-state index contributed by atoms with van der Waals surface area (Å²) < 4.78 is 0. The monoisotopic (exact) mass is 275 g/mol. The molecule has 0 saturated heterocycles. The molecule has 3 nitrogen and oxygen atoms in total. The minimum atomic E-state index is -0.573. The van der Waals surface area contributed by atoms with E-state index in [9.17, 15) is 9.90 Å². The highest BCUT2D eigenvalue weighted by Gasteiger charge is 2.29. The van der Waals surface area contributed by atoms with Crippen LogP contribution in [0.1, 0.15) is 51.7 Å². The van der Waals surface area contributed by atoms with Crippen molar-refractivity contribution in [3.05, 3.63) is 29.8 Å². The number of hydrogen-bond acceptors (Lipinski definition) is 2. The number of anilines is 1. The van der Waals surface area contributed by atoms with Gasteiger partial charge in [-0.25, -0.2) is 0 Å². The van der Waals surface area contributed by atoms with Gasteiger partial charge >= 0.3 is 0 Å². The highest BCUT2D eigenvalue weighted by molar-refractivity contribution is 5.93. The normalized spacial score (nSPS) is 27.9. The Bertz CT molecular complexity index is 460. The van der Waals surface area contributed by atoms with Crippen LogP contribution in [0.15, 0.2) is 24.3 Å². The van der Waals surface area contributed by atoms with Crippen LogP contribution in [0.2, 0.25) is 0 Å². The van der Waals surface area contributed by atoms with E-state index >= 15 is 0 Å². The van der Waals surface area contributed by atoms with Crippen molar-refractivity contribution in [1.82, 2.24) is 0 Å². The zero-order chi connectivity index (χ0) is 14.7. The summed E-state index contributed by atoms with van der Waals surface area (Å²) in [6.45, 7) is 6.16. The summed E-state index contributed by atoms with van der Waals surface area (Å²) in [5.74, 6) is 1.41. The number of hydrogen-bond donors (Lipinski definition) is 2. The van der Waals surface area contributed by atoms with Crippen LogP contribution in [0.5, 0.6) is 0 Å².